The number of aliphatic hydroxyl groups excluding tert-OH is 1. The minimum absolute atomic E-state index is 0.0652. The number of nitrogens with one attached hydrogen (secondary N) is 1. The van der Waals surface area contributed by atoms with Crippen LogP contribution in [0.3, 0.4) is 0 Å². The molecule has 0 amide bonds. The molecule has 1 aromatic heterocycles. The number of imidazole rings is 1. The maximum Gasteiger partial charge on any atom is 0.269 e. The second kappa shape index (κ2) is 6.67. The van der Waals surface area contributed by atoms with Crippen molar-refractivity contribution in [2.75, 3.05) is 11.9 Å². The van der Waals surface area contributed by atoms with Gasteiger partial charge in [-0.1, -0.05) is 24.3 Å². The number of non-ortho nitro benzene ring substituents is 1. The Balaban J connectivity index is 1.99. The molecular weight excluding hydrogens is 308 g/mol. The summed E-state index contributed by atoms with van der Waals surface area (Å²) < 4.78 is 1.96. The van der Waals surface area contributed by atoms with Gasteiger partial charge in [0, 0.05) is 18.7 Å². The number of nitro benzene ring substituents is 1. The Morgan fingerprint density at radius 3 is 2.83 bits per heavy atom. The zero-order valence-corrected chi connectivity index (χ0v) is 13.2. The number of para-hydroxylation sites is 2. The molecule has 7 heteroatoms. The van der Waals surface area contributed by atoms with Crippen molar-refractivity contribution >= 4 is 22.7 Å². The second-order valence-corrected chi connectivity index (χ2v) is 5.67. The molecule has 1 unspecified atom stereocenters. The Hall–Kier alpha value is -2.93. The summed E-state index contributed by atoms with van der Waals surface area (Å²) in [6.07, 6.45) is -0.504. The lowest BCUT2D eigenvalue weighted by Gasteiger charge is -2.12. The van der Waals surface area contributed by atoms with Crippen LogP contribution >= 0.6 is 0 Å². The zero-order valence-electron chi connectivity index (χ0n) is 13.2. The Labute approximate surface area is 138 Å². The highest BCUT2D eigenvalue weighted by molar-refractivity contribution is 5.78. The minimum atomic E-state index is -0.504. The highest BCUT2D eigenvalue weighted by Gasteiger charge is 2.13. The van der Waals surface area contributed by atoms with Gasteiger partial charge in [-0.05, 0) is 24.6 Å². The number of aromatic nitrogens is 2. The number of hydrogen-bond acceptors (Lipinski definition) is 5. The average Bonchev–Trinajstić information content (AvgIpc) is 2.91. The van der Waals surface area contributed by atoms with E-state index in [4.69, 9.17) is 0 Å². The van der Waals surface area contributed by atoms with Crippen molar-refractivity contribution in [1.29, 1.82) is 0 Å². The van der Waals surface area contributed by atoms with Gasteiger partial charge in [0.05, 0.1) is 28.6 Å². The van der Waals surface area contributed by atoms with Crippen LogP contribution in [0.15, 0.2) is 48.5 Å². The number of fused-ring (bicyclic) bond motifs is 1. The molecule has 0 fully saturated rings. The summed E-state index contributed by atoms with van der Waals surface area (Å²) in [4.78, 5) is 15.1. The SMILES string of the molecule is CC(O)CNc1nc2ccccc2n1Cc1cccc([N+](=O)[O-])c1. The molecular formula is C17H18N4O3. The largest absolute Gasteiger partial charge is 0.392 e. The van der Waals surface area contributed by atoms with E-state index in [1.165, 1.54) is 6.07 Å². The van der Waals surface area contributed by atoms with Gasteiger partial charge in [0.25, 0.3) is 5.69 Å². The fraction of sp³-hybridized carbons (Fsp3) is 0.235. The summed E-state index contributed by atoms with van der Waals surface area (Å²) in [5.41, 5.74) is 2.64. The monoisotopic (exact) mass is 326 g/mol. The van der Waals surface area contributed by atoms with Crippen LogP contribution < -0.4 is 5.32 Å². The summed E-state index contributed by atoms with van der Waals surface area (Å²) >= 11 is 0. The molecule has 0 spiro atoms. The van der Waals surface area contributed by atoms with Crippen LogP contribution in [-0.4, -0.2) is 32.2 Å². The van der Waals surface area contributed by atoms with Crippen LogP contribution in [0.25, 0.3) is 11.0 Å². The second-order valence-electron chi connectivity index (χ2n) is 5.67. The third-order valence-corrected chi connectivity index (χ3v) is 3.67. The predicted molar refractivity (Wildman–Crippen MR) is 92.1 cm³/mol. The molecule has 2 aromatic carbocycles. The van der Waals surface area contributed by atoms with E-state index in [9.17, 15) is 15.2 Å². The van der Waals surface area contributed by atoms with E-state index in [1.807, 2.05) is 34.9 Å². The van der Waals surface area contributed by atoms with Gasteiger partial charge in [-0.2, -0.15) is 0 Å². The molecule has 24 heavy (non-hydrogen) atoms. The van der Waals surface area contributed by atoms with E-state index in [1.54, 1.807) is 19.1 Å². The Bertz CT molecular complexity index is 873. The Kier molecular flexibility index (Phi) is 4.43. The first-order chi connectivity index (χ1) is 11.5. The van der Waals surface area contributed by atoms with Gasteiger partial charge in [-0.15, -0.1) is 0 Å². The maximum atomic E-state index is 11.0. The molecule has 3 rings (SSSR count). The molecule has 2 N–H and O–H groups in total. The first-order valence-electron chi connectivity index (χ1n) is 7.65. The van der Waals surface area contributed by atoms with Gasteiger partial charge in [0.15, 0.2) is 0 Å². The molecule has 1 atom stereocenters. The summed E-state index contributed by atoms with van der Waals surface area (Å²) in [5.74, 6) is 0.628. The van der Waals surface area contributed by atoms with Gasteiger partial charge in [0.2, 0.25) is 5.95 Å². The van der Waals surface area contributed by atoms with Gasteiger partial charge < -0.3 is 15.0 Å². The standard InChI is InChI=1S/C17H18N4O3/c1-12(22)10-18-17-19-15-7-2-3-8-16(15)20(17)11-13-5-4-6-14(9-13)21(23)24/h2-9,12,22H,10-11H2,1H3,(H,18,19). The topological polar surface area (TPSA) is 93.2 Å². The minimum Gasteiger partial charge on any atom is -0.392 e. The van der Waals surface area contributed by atoms with E-state index in [0.29, 0.717) is 19.0 Å². The van der Waals surface area contributed by atoms with Gasteiger partial charge >= 0.3 is 0 Å². The fourth-order valence-corrected chi connectivity index (χ4v) is 2.56. The smallest absolute Gasteiger partial charge is 0.269 e. The van der Waals surface area contributed by atoms with Crippen LogP contribution in [0.2, 0.25) is 0 Å². The summed E-state index contributed by atoms with van der Waals surface area (Å²) in [5, 5.41) is 23.6. The van der Waals surface area contributed by atoms with Gasteiger partial charge in [-0.3, -0.25) is 10.1 Å². The third-order valence-electron chi connectivity index (χ3n) is 3.67. The van der Waals surface area contributed by atoms with Crippen LogP contribution in [-0.2, 0) is 6.54 Å². The first kappa shape index (κ1) is 15.9. The molecule has 7 nitrogen and oxygen atoms in total. The molecule has 3 aromatic rings. The lowest BCUT2D eigenvalue weighted by Crippen LogP contribution is -2.18. The molecule has 0 saturated heterocycles. The number of benzene rings is 2. The van der Waals surface area contributed by atoms with Crippen LogP contribution in [0.1, 0.15) is 12.5 Å². The molecule has 0 bridgehead atoms. The normalized spacial score (nSPS) is 12.2. The first-order valence-corrected chi connectivity index (χ1v) is 7.65. The van der Waals surface area contributed by atoms with Crippen molar-refractivity contribution in [2.24, 2.45) is 0 Å². The lowest BCUT2D eigenvalue weighted by molar-refractivity contribution is -0.384. The molecule has 0 aliphatic heterocycles. The van der Waals surface area contributed by atoms with Crippen molar-refractivity contribution in [3.05, 3.63) is 64.2 Å². The van der Waals surface area contributed by atoms with Crippen LogP contribution in [0, 0.1) is 10.1 Å². The molecule has 124 valence electrons. The van der Waals surface area contributed by atoms with E-state index in [-0.39, 0.29) is 5.69 Å². The van der Waals surface area contributed by atoms with E-state index >= 15 is 0 Å². The van der Waals surface area contributed by atoms with Crippen molar-refractivity contribution < 1.29 is 10.0 Å². The number of rotatable bonds is 6. The highest BCUT2D eigenvalue weighted by atomic mass is 16.6. The quantitative estimate of drug-likeness (QED) is 0.537. The number of aliphatic hydroxyl groups is 1. The number of nitro groups is 1. The number of hydrogen-bond donors (Lipinski definition) is 2. The molecule has 0 radical (unpaired) electrons. The van der Waals surface area contributed by atoms with Crippen molar-refractivity contribution in [2.45, 2.75) is 19.6 Å². The maximum absolute atomic E-state index is 11.0. The van der Waals surface area contributed by atoms with Gasteiger partial charge in [-0.25, -0.2) is 4.98 Å². The van der Waals surface area contributed by atoms with Crippen molar-refractivity contribution in [1.82, 2.24) is 9.55 Å². The van der Waals surface area contributed by atoms with Crippen LogP contribution in [0.5, 0.6) is 0 Å². The lowest BCUT2D eigenvalue weighted by atomic mass is 10.2. The highest BCUT2D eigenvalue weighted by Crippen LogP contribution is 2.22. The molecule has 1 heterocycles. The summed E-state index contributed by atoms with van der Waals surface area (Å²) in [6, 6.07) is 14.3. The fourth-order valence-electron chi connectivity index (χ4n) is 2.56. The predicted octanol–water partition coefficient (Wildman–Crippen LogP) is 2.79. The number of anilines is 1. The molecule has 0 saturated carbocycles. The zero-order chi connectivity index (χ0) is 17.1. The average molecular weight is 326 g/mol. The van der Waals surface area contributed by atoms with Crippen molar-refractivity contribution in [3.8, 4) is 0 Å². The summed E-state index contributed by atoms with van der Waals surface area (Å²) in [6.45, 7) is 2.52. The Morgan fingerprint density at radius 1 is 1.29 bits per heavy atom. The van der Waals surface area contributed by atoms with Gasteiger partial charge in [0.1, 0.15) is 0 Å². The third kappa shape index (κ3) is 3.36. The molecule has 0 aliphatic rings. The Morgan fingerprint density at radius 2 is 2.08 bits per heavy atom. The number of nitrogens with zero attached hydrogens (tertiary/aromatic N) is 3. The van der Waals surface area contributed by atoms with Crippen molar-refractivity contribution in [3.63, 3.8) is 0 Å². The van der Waals surface area contributed by atoms with E-state index in [2.05, 4.69) is 10.3 Å². The summed E-state index contributed by atoms with van der Waals surface area (Å²) in [7, 11) is 0. The molecule has 0 aliphatic carbocycles. The van der Waals surface area contributed by atoms with Crippen LogP contribution in [0.4, 0.5) is 11.6 Å². The van der Waals surface area contributed by atoms with E-state index < -0.39 is 11.0 Å². The van der Waals surface area contributed by atoms with E-state index in [0.717, 1.165) is 16.6 Å².